The highest BCUT2D eigenvalue weighted by Gasteiger charge is 2.08. The monoisotopic (exact) mass is 290 g/mol. The third kappa shape index (κ3) is 2.19. The van der Waals surface area contributed by atoms with Crippen molar-refractivity contribution in [2.24, 2.45) is 4.99 Å². The van der Waals surface area contributed by atoms with E-state index in [-0.39, 0.29) is 5.91 Å². The average Bonchev–Trinajstić information content (AvgIpc) is 3.12. The molecule has 0 fully saturated rings. The number of hydrogen-bond donors (Lipinski definition) is 0. The van der Waals surface area contributed by atoms with Gasteiger partial charge < -0.3 is 0 Å². The fourth-order valence-corrected chi connectivity index (χ4v) is 3.17. The van der Waals surface area contributed by atoms with Crippen LogP contribution in [-0.4, -0.2) is 10.9 Å². The van der Waals surface area contributed by atoms with Gasteiger partial charge in [0, 0.05) is 27.8 Å². The Labute approximate surface area is 124 Å². The molecule has 0 saturated heterocycles. The highest BCUT2D eigenvalue weighted by atomic mass is 32.1. The van der Waals surface area contributed by atoms with Gasteiger partial charge in [0.25, 0.3) is 5.91 Å². The lowest BCUT2D eigenvalue weighted by atomic mass is 10.1. The zero-order chi connectivity index (χ0) is 14.2. The number of aromatic nitrogens is 1. The maximum Gasteiger partial charge on any atom is 0.270 e. The van der Waals surface area contributed by atoms with Gasteiger partial charge in [0.1, 0.15) is 5.01 Å². The fraction of sp³-hybridized carbons (Fsp3) is 0. The van der Waals surface area contributed by atoms with Crippen molar-refractivity contribution in [3.63, 3.8) is 0 Å². The molecule has 0 radical (unpaired) electrons. The molecule has 1 amide bonds. The minimum atomic E-state index is -0.189. The maximum absolute atomic E-state index is 11.3. The van der Waals surface area contributed by atoms with Crippen LogP contribution in [0.5, 0.6) is 0 Å². The second kappa shape index (κ2) is 4.75. The summed E-state index contributed by atoms with van der Waals surface area (Å²) in [5.41, 5.74) is 3.05. The summed E-state index contributed by atoms with van der Waals surface area (Å²) in [6, 6.07) is 15.9. The van der Waals surface area contributed by atoms with E-state index in [1.807, 2.05) is 41.8 Å². The Balaban J connectivity index is 1.78. The Hall–Kier alpha value is -2.59. The molecule has 0 unspecified atom stereocenters. The predicted octanol–water partition coefficient (Wildman–Crippen LogP) is 2.42. The third-order valence-corrected chi connectivity index (χ3v) is 4.25. The van der Waals surface area contributed by atoms with Crippen molar-refractivity contribution in [2.75, 3.05) is 0 Å². The highest BCUT2D eigenvalue weighted by molar-refractivity contribution is 7.13. The largest absolute Gasteiger partial charge is 0.270 e. The molecule has 1 aliphatic rings. The van der Waals surface area contributed by atoms with Crippen molar-refractivity contribution in [1.29, 1.82) is 0 Å². The van der Waals surface area contributed by atoms with E-state index in [9.17, 15) is 4.79 Å². The molecular formula is C17H10N2OS. The second-order valence-electron chi connectivity index (χ2n) is 4.77. The number of benzene rings is 2. The molecule has 21 heavy (non-hydrogen) atoms. The molecule has 2 heterocycles. The second-order valence-corrected chi connectivity index (χ2v) is 5.63. The summed E-state index contributed by atoms with van der Waals surface area (Å²) in [6.07, 6.45) is 1.56. The summed E-state index contributed by atoms with van der Waals surface area (Å²) in [6.45, 7) is 0. The smallest absolute Gasteiger partial charge is 0.267 e. The Morgan fingerprint density at radius 3 is 2.67 bits per heavy atom. The summed E-state index contributed by atoms with van der Waals surface area (Å²) in [7, 11) is 0. The molecule has 3 aromatic rings. The summed E-state index contributed by atoms with van der Waals surface area (Å²) < 4.78 is 0. The van der Waals surface area contributed by atoms with Crippen molar-refractivity contribution in [1.82, 2.24) is 4.98 Å². The van der Waals surface area contributed by atoms with E-state index in [1.165, 1.54) is 0 Å². The van der Waals surface area contributed by atoms with Crippen molar-refractivity contribution >= 4 is 23.3 Å². The lowest BCUT2D eigenvalue weighted by Gasteiger charge is -1.96. The molecule has 0 N–H and O–H groups in total. The standard InChI is InChI=1S/C17H10N2OS/c20-16-9-13-8-12(6-7-14(13)18-16)15-10-21-17(19-15)11-4-2-1-3-5-11/h1-10H. The Bertz CT molecular complexity index is 958. The summed E-state index contributed by atoms with van der Waals surface area (Å²) in [4.78, 5) is 19.9. The van der Waals surface area contributed by atoms with Crippen LogP contribution in [0.1, 0.15) is 0 Å². The van der Waals surface area contributed by atoms with E-state index in [0.29, 0.717) is 0 Å². The van der Waals surface area contributed by atoms with Crippen LogP contribution < -0.4 is 10.6 Å². The third-order valence-electron chi connectivity index (χ3n) is 3.36. The zero-order valence-corrected chi connectivity index (χ0v) is 11.8. The van der Waals surface area contributed by atoms with Crippen molar-refractivity contribution in [2.45, 2.75) is 0 Å². The number of fused-ring (bicyclic) bond motifs is 1. The molecule has 4 rings (SSSR count). The van der Waals surface area contributed by atoms with Crippen LogP contribution in [0.3, 0.4) is 0 Å². The molecule has 2 aromatic carbocycles. The summed E-state index contributed by atoms with van der Waals surface area (Å²) >= 11 is 1.62. The van der Waals surface area contributed by atoms with Gasteiger partial charge in [0.05, 0.1) is 11.1 Å². The Morgan fingerprint density at radius 2 is 1.81 bits per heavy atom. The average molecular weight is 290 g/mol. The van der Waals surface area contributed by atoms with E-state index in [2.05, 4.69) is 22.1 Å². The molecule has 0 bridgehead atoms. The van der Waals surface area contributed by atoms with Crippen LogP contribution in [0, 0.1) is 0 Å². The van der Waals surface area contributed by atoms with Gasteiger partial charge in [-0.25, -0.2) is 9.98 Å². The summed E-state index contributed by atoms with van der Waals surface area (Å²) in [5, 5.41) is 4.64. The lowest BCUT2D eigenvalue weighted by Crippen LogP contribution is -2.20. The van der Waals surface area contributed by atoms with Gasteiger partial charge in [-0.2, -0.15) is 0 Å². The minimum absolute atomic E-state index is 0.189. The van der Waals surface area contributed by atoms with Crippen molar-refractivity contribution in [3.05, 3.63) is 64.5 Å². The maximum atomic E-state index is 11.3. The van der Waals surface area contributed by atoms with Crippen LogP contribution in [0.25, 0.3) is 27.9 Å². The zero-order valence-electron chi connectivity index (χ0n) is 11.0. The van der Waals surface area contributed by atoms with Gasteiger partial charge in [-0.1, -0.05) is 36.4 Å². The van der Waals surface area contributed by atoms with Gasteiger partial charge in [0.2, 0.25) is 0 Å². The summed E-state index contributed by atoms with van der Waals surface area (Å²) in [5.74, 6) is -0.189. The number of hydrogen-bond acceptors (Lipinski definition) is 3. The van der Waals surface area contributed by atoms with E-state index in [4.69, 9.17) is 0 Å². The highest BCUT2D eigenvalue weighted by Crippen LogP contribution is 2.27. The SMILES string of the molecule is O=C1C=c2cc(-c3csc(-c4ccccc4)n3)ccc2=N1. The minimum Gasteiger partial charge on any atom is -0.267 e. The Kier molecular flexibility index (Phi) is 2.75. The quantitative estimate of drug-likeness (QED) is 0.727. The molecule has 0 spiro atoms. The number of carbonyl (C=O) groups excluding carboxylic acids is 1. The molecule has 3 nitrogen and oxygen atoms in total. The van der Waals surface area contributed by atoms with Crippen LogP contribution >= 0.6 is 11.3 Å². The van der Waals surface area contributed by atoms with Crippen molar-refractivity contribution < 1.29 is 4.79 Å². The first-order valence-electron chi connectivity index (χ1n) is 6.55. The Morgan fingerprint density at radius 1 is 0.952 bits per heavy atom. The van der Waals surface area contributed by atoms with Gasteiger partial charge in [0.15, 0.2) is 0 Å². The number of thiazole rings is 1. The molecule has 1 aromatic heterocycles. The normalized spacial score (nSPS) is 12.7. The van der Waals surface area contributed by atoms with Crippen LogP contribution in [0.15, 0.2) is 58.9 Å². The molecule has 0 aliphatic carbocycles. The van der Waals surface area contributed by atoms with Crippen LogP contribution in [-0.2, 0) is 4.79 Å². The lowest BCUT2D eigenvalue weighted by molar-refractivity contribution is -0.112. The van der Waals surface area contributed by atoms with E-state index in [0.717, 1.165) is 32.4 Å². The van der Waals surface area contributed by atoms with Gasteiger partial charge in [-0.3, -0.25) is 4.79 Å². The topological polar surface area (TPSA) is 42.3 Å². The predicted molar refractivity (Wildman–Crippen MR) is 83.2 cm³/mol. The van der Waals surface area contributed by atoms with Gasteiger partial charge >= 0.3 is 0 Å². The number of rotatable bonds is 2. The van der Waals surface area contributed by atoms with E-state index < -0.39 is 0 Å². The van der Waals surface area contributed by atoms with Gasteiger partial charge in [-0.05, 0) is 12.1 Å². The first-order chi connectivity index (χ1) is 10.3. The van der Waals surface area contributed by atoms with Crippen molar-refractivity contribution in [3.8, 4) is 21.8 Å². The molecule has 0 saturated carbocycles. The van der Waals surface area contributed by atoms with Gasteiger partial charge in [-0.15, -0.1) is 11.3 Å². The van der Waals surface area contributed by atoms with Crippen LogP contribution in [0.4, 0.5) is 0 Å². The van der Waals surface area contributed by atoms with E-state index in [1.54, 1.807) is 17.4 Å². The fourth-order valence-electron chi connectivity index (χ4n) is 2.33. The van der Waals surface area contributed by atoms with Crippen LogP contribution in [0.2, 0.25) is 0 Å². The first kappa shape index (κ1) is 12.2. The number of nitrogens with zero attached hydrogens (tertiary/aromatic N) is 2. The number of amides is 1. The first-order valence-corrected chi connectivity index (χ1v) is 7.43. The molecular weight excluding hydrogens is 280 g/mol. The molecule has 1 aliphatic heterocycles. The molecule has 100 valence electrons. The molecule has 0 atom stereocenters. The number of carbonyl (C=O) groups is 1. The molecule has 4 heteroatoms. The van der Waals surface area contributed by atoms with E-state index >= 15 is 0 Å².